The molecule has 1 aromatic carbocycles. The number of hydrogen-bond acceptors (Lipinski definition) is 3. The lowest BCUT2D eigenvalue weighted by atomic mass is 10.00. The number of nitrogens with zero attached hydrogens (tertiary/aromatic N) is 3. The van der Waals surface area contributed by atoms with Crippen LogP contribution in [0.5, 0.6) is 0 Å². The third kappa shape index (κ3) is 4.27. The number of benzene rings is 1. The van der Waals surface area contributed by atoms with Gasteiger partial charge in [0.05, 0.1) is 0 Å². The summed E-state index contributed by atoms with van der Waals surface area (Å²) in [6.45, 7) is 4.04. The molecule has 0 spiro atoms. The molecule has 0 aliphatic carbocycles. The van der Waals surface area contributed by atoms with Gasteiger partial charge in [-0.15, -0.1) is 0 Å². The average Bonchev–Trinajstić information content (AvgIpc) is 2.89. The molecule has 0 saturated heterocycles. The summed E-state index contributed by atoms with van der Waals surface area (Å²) in [7, 11) is 1.27. The number of aromatic nitrogens is 2. The van der Waals surface area contributed by atoms with E-state index in [0.29, 0.717) is 6.54 Å². The molecule has 1 aliphatic heterocycles. The van der Waals surface area contributed by atoms with Crippen LogP contribution in [0.2, 0.25) is 5.02 Å². The Morgan fingerprint density at radius 3 is 2.63 bits per heavy atom. The largest absolute Gasteiger partial charge is 0.436 e. The molecule has 1 amide bonds. The zero-order valence-electron chi connectivity index (χ0n) is 15.0. The highest BCUT2D eigenvalue weighted by atomic mass is 35.5. The van der Waals surface area contributed by atoms with Crippen molar-refractivity contribution in [2.75, 3.05) is 13.1 Å². The molecule has 27 heavy (non-hydrogen) atoms. The normalized spacial score (nSPS) is 16.1. The van der Waals surface area contributed by atoms with Crippen molar-refractivity contribution in [1.82, 2.24) is 20.0 Å². The van der Waals surface area contributed by atoms with E-state index in [1.165, 1.54) is 18.2 Å². The highest BCUT2D eigenvalue weighted by Crippen LogP contribution is 2.35. The van der Waals surface area contributed by atoms with Gasteiger partial charge in [0.2, 0.25) is 0 Å². The maximum Gasteiger partial charge on any atom is 0.436 e. The maximum atomic E-state index is 12.9. The van der Waals surface area contributed by atoms with Crippen LogP contribution in [0.15, 0.2) is 24.3 Å². The predicted molar refractivity (Wildman–Crippen MR) is 95.6 cm³/mol. The van der Waals surface area contributed by atoms with Crippen molar-refractivity contribution >= 4 is 17.5 Å². The summed E-state index contributed by atoms with van der Waals surface area (Å²) in [4.78, 5) is 14.6. The van der Waals surface area contributed by atoms with Gasteiger partial charge in [0.1, 0.15) is 10.7 Å². The summed E-state index contributed by atoms with van der Waals surface area (Å²) < 4.78 is 39.6. The SMILES string of the molecule is C[C@H](CN1CCc2ccccc2C1)NC(=O)c1c(Cl)c(C(F)(F)F)nn1C. The van der Waals surface area contributed by atoms with E-state index < -0.39 is 22.8 Å². The summed E-state index contributed by atoms with van der Waals surface area (Å²) in [5.41, 5.74) is 1.04. The summed E-state index contributed by atoms with van der Waals surface area (Å²) in [6, 6.07) is 7.95. The monoisotopic (exact) mass is 400 g/mol. The molecule has 0 unspecified atom stereocenters. The van der Waals surface area contributed by atoms with E-state index >= 15 is 0 Å². The second kappa shape index (κ2) is 7.52. The van der Waals surface area contributed by atoms with Gasteiger partial charge in [-0.05, 0) is 24.5 Å². The van der Waals surface area contributed by atoms with Gasteiger partial charge in [-0.25, -0.2) is 0 Å². The minimum absolute atomic E-state index is 0.261. The van der Waals surface area contributed by atoms with Gasteiger partial charge in [0.15, 0.2) is 5.69 Å². The molecule has 0 saturated carbocycles. The van der Waals surface area contributed by atoms with Crippen molar-refractivity contribution in [3.63, 3.8) is 0 Å². The Bertz CT molecular complexity index is 850. The van der Waals surface area contributed by atoms with Crippen molar-refractivity contribution < 1.29 is 18.0 Å². The number of hydrogen-bond donors (Lipinski definition) is 1. The first kappa shape index (κ1) is 19.7. The van der Waals surface area contributed by atoms with E-state index in [1.807, 2.05) is 19.1 Å². The van der Waals surface area contributed by atoms with Gasteiger partial charge in [-0.3, -0.25) is 14.4 Å². The van der Waals surface area contributed by atoms with Crippen LogP contribution < -0.4 is 5.32 Å². The molecule has 0 radical (unpaired) electrons. The van der Waals surface area contributed by atoms with E-state index in [1.54, 1.807) is 0 Å². The summed E-state index contributed by atoms with van der Waals surface area (Å²) in [5.74, 6) is -0.671. The predicted octanol–water partition coefficient (Wildman–Crippen LogP) is 3.27. The van der Waals surface area contributed by atoms with Crippen LogP contribution in [0.3, 0.4) is 0 Å². The van der Waals surface area contributed by atoms with Crippen molar-refractivity contribution in [2.24, 2.45) is 7.05 Å². The smallest absolute Gasteiger partial charge is 0.347 e. The van der Waals surface area contributed by atoms with Crippen molar-refractivity contribution in [3.05, 3.63) is 51.8 Å². The number of amides is 1. The lowest BCUT2D eigenvalue weighted by Gasteiger charge is -2.31. The van der Waals surface area contributed by atoms with Crippen molar-refractivity contribution in [2.45, 2.75) is 32.1 Å². The van der Waals surface area contributed by atoms with Crippen LogP contribution in [0.1, 0.15) is 34.2 Å². The van der Waals surface area contributed by atoms with Gasteiger partial charge in [0.25, 0.3) is 5.91 Å². The van der Waals surface area contributed by atoms with Crippen LogP contribution >= 0.6 is 11.6 Å². The minimum atomic E-state index is -4.71. The number of carbonyl (C=O) groups excluding carboxylic acids is 1. The standard InChI is InChI=1S/C18H20ClF3N4O/c1-11(9-26-8-7-12-5-3-4-6-13(12)10-26)23-17(27)15-14(19)16(18(20,21)22)24-25(15)2/h3-6,11H,7-10H2,1-2H3,(H,23,27)/t11-/m1/s1. The van der Waals surface area contributed by atoms with Crippen LogP contribution in [0.25, 0.3) is 0 Å². The first-order valence-corrected chi connectivity index (χ1v) is 8.94. The third-order valence-electron chi connectivity index (χ3n) is 4.59. The molecule has 1 atom stereocenters. The molecular weight excluding hydrogens is 381 g/mol. The molecule has 146 valence electrons. The van der Waals surface area contributed by atoms with E-state index in [-0.39, 0.29) is 11.7 Å². The minimum Gasteiger partial charge on any atom is -0.347 e. The average molecular weight is 401 g/mol. The molecule has 0 fully saturated rings. The topological polar surface area (TPSA) is 50.2 Å². The molecule has 9 heteroatoms. The number of aryl methyl sites for hydroxylation is 1. The van der Waals surface area contributed by atoms with Gasteiger partial charge in [-0.2, -0.15) is 18.3 Å². The second-order valence-corrected chi connectivity index (χ2v) is 7.14. The first-order chi connectivity index (χ1) is 12.7. The van der Waals surface area contributed by atoms with E-state index in [0.717, 1.165) is 24.2 Å². The Hall–Kier alpha value is -2.06. The fraction of sp³-hybridized carbons (Fsp3) is 0.444. The summed E-state index contributed by atoms with van der Waals surface area (Å²) in [5, 5.41) is 5.38. The van der Waals surface area contributed by atoms with E-state index in [4.69, 9.17) is 11.6 Å². The molecule has 1 N–H and O–H groups in total. The summed E-state index contributed by atoms with van der Waals surface area (Å²) >= 11 is 5.77. The Morgan fingerprint density at radius 1 is 1.33 bits per heavy atom. The summed E-state index contributed by atoms with van der Waals surface area (Å²) in [6.07, 6.45) is -3.78. The Kier molecular flexibility index (Phi) is 5.48. The number of fused-ring (bicyclic) bond motifs is 1. The van der Waals surface area contributed by atoms with Gasteiger partial charge in [0, 0.05) is 32.7 Å². The first-order valence-electron chi connectivity index (χ1n) is 8.56. The van der Waals surface area contributed by atoms with Crippen LogP contribution in [-0.2, 0) is 26.2 Å². The van der Waals surface area contributed by atoms with E-state index in [9.17, 15) is 18.0 Å². The third-order valence-corrected chi connectivity index (χ3v) is 4.95. The molecule has 1 aliphatic rings. The lowest BCUT2D eigenvalue weighted by molar-refractivity contribution is -0.141. The van der Waals surface area contributed by atoms with Gasteiger partial charge >= 0.3 is 6.18 Å². The number of alkyl halides is 3. The second-order valence-electron chi connectivity index (χ2n) is 6.76. The molecule has 2 aromatic rings. The van der Waals surface area contributed by atoms with Crippen molar-refractivity contribution in [1.29, 1.82) is 0 Å². The maximum absolute atomic E-state index is 12.9. The van der Waals surface area contributed by atoms with Crippen LogP contribution in [0, 0.1) is 0 Å². The van der Waals surface area contributed by atoms with Crippen LogP contribution in [0.4, 0.5) is 13.2 Å². The quantitative estimate of drug-likeness (QED) is 0.857. The Balaban J connectivity index is 1.64. The van der Waals surface area contributed by atoms with Crippen LogP contribution in [-0.4, -0.2) is 39.7 Å². The number of nitrogens with one attached hydrogen (secondary N) is 1. The molecule has 1 aromatic heterocycles. The molecule has 2 heterocycles. The molecule has 5 nitrogen and oxygen atoms in total. The fourth-order valence-corrected chi connectivity index (χ4v) is 3.71. The lowest BCUT2D eigenvalue weighted by Crippen LogP contribution is -2.44. The van der Waals surface area contributed by atoms with E-state index in [2.05, 4.69) is 27.4 Å². The highest BCUT2D eigenvalue weighted by Gasteiger charge is 2.39. The van der Waals surface area contributed by atoms with Gasteiger partial charge in [-0.1, -0.05) is 35.9 Å². The zero-order valence-corrected chi connectivity index (χ0v) is 15.7. The van der Waals surface area contributed by atoms with Crippen molar-refractivity contribution in [3.8, 4) is 0 Å². The number of carbonyl (C=O) groups is 1. The number of rotatable bonds is 4. The van der Waals surface area contributed by atoms with Gasteiger partial charge < -0.3 is 5.32 Å². The molecule has 3 rings (SSSR count). The number of halogens is 4. The molecule has 0 bridgehead atoms. The Labute approximate surface area is 160 Å². The highest BCUT2D eigenvalue weighted by molar-refractivity contribution is 6.34. The fourth-order valence-electron chi connectivity index (χ4n) is 3.36. The Morgan fingerprint density at radius 2 is 2.00 bits per heavy atom. The molecular formula is C18H20ClF3N4O. The zero-order chi connectivity index (χ0) is 19.8.